The zero-order valence-electron chi connectivity index (χ0n) is 9.70. The lowest BCUT2D eigenvalue weighted by Crippen LogP contribution is -2.14. The fraction of sp³-hybridized carbons (Fsp3) is 0.385. The van der Waals surface area contributed by atoms with E-state index in [1.54, 1.807) is 0 Å². The van der Waals surface area contributed by atoms with Crippen LogP contribution in [0.15, 0.2) is 24.4 Å². The van der Waals surface area contributed by atoms with Gasteiger partial charge in [-0.2, -0.15) is 0 Å². The van der Waals surface area contributed by atoms with Crippen LogP contribution in [0.1, 0.15) is 25.0 Å². The summed E-state index contributed by atoms with van der Waals surface area (Å²) in [5.74, 6) is 0. The number of hydrogen-bond donors (Lipinski definition) is 1. The summed E-state index contributed by atoms with van der Waals surface area (Å²) in [5, 5.41) is 11.2. The first-order valence-electron chi connectivity index (χ1n) is 5.18. The molecule has 2 heteroatoms. The third kappa shape index (κ3) is 1.65. The van der Waals surface area contributed by atoms with Gasteiger partial charge < -0.3 is 9.67 Å². The lowest BCUT2D eigenvalue weighted by Gasteiger charge is -2.16. The Bertz CT molecular complexity index is 503. The molecule has 15 heavy (non-hydrogen) atoms. The van der Waals surface area contributed by atoms with Crippen molar-refractivity contribution < 1.29 is 5.11 Å². The highest BCUT2D eigenvalue weighted by atomic mass is 16.3. The highest BCUT2D eigenvalue weighted by Gasteiger charge is 2.21. The molecule has 0 fully saturated rings. The van der Waals surface area contributed by atoms with Crippen LogP contribution in [0.2, 0.25) is 0 Å². The lowest BCUT2D eigenvalue weighted by molar-refractivity contribution is 0.0800. The maximum Gasteiger partial charge on any atom is 0.0861 e. The van der Waals surface area contributed by atoms with E-state index >= 15 is 0 Å². The largest absolute Gasteiger partial charge is 0.386 e. The molecule has 0 amide bonds. The van der Waals surface area contributed by atoms with Gasteiger partial charge in [-0.1, -0.05) is 11.6 Å². The number of hydrogen-bond acceptors (Lipinski definition) is 1. The second kappa shape index (κ2) is 3.11. The zero-order valence-corrected chi connectivity index (χ0v) is 9.70. The molecule has 80 valence electrons. The molecule has 1 N–H and O–H groups in total. The topological polar surface area (TPSA) is 25.2 Å². The summed E-state index contributed by atoms with van der Waals surface area (Å²) in [6.45, 7) is 5.72. The van der Waals surface area contributed by atoms with Crippen molar-refractivity contribution in [3.8, 4) is 0 Å². The fourth-order valence-electron chi connectivity index (χ4n) is 1.99. The number of aryl methyl sites for hydroxylation is 2. The van der Waals surface area contributed by atoms with Gasteiger partial charge in [-0.25, -0.2) is 0 Å². The molecule has 0 aliphatic carbocycles. The predicted octanol–water partition coefficient (Wildman–Crippen LogP) is 2.71. The van der Waals surface area contributed by atoms with Gasteiger partial charge in [-0.3, -0.25) is 0 Å². The third-order valence-electron chi connectivity index (χ3n) is 2.80. The molecule has 0 unspecified atom stereocenters. The van der Waals surface area contributed by atoms with Crippen LogP contribution in [-0.4, -0.2) is 9.67 Å². The van der Waals surface area contributed by atoms with Crippen LogP contribution >= 0.6 is 0 Å². The van der Waals surface area contributed by atoms with Crippen molar-refractivity contribution in [2.75, 3.05) is 0 Å². The minimum atomic E-state index is -0.784. The molecular weight excluding hydrogens is 186 g/mol. The first kappa shape index (κ1) is 10.2. The number of rotatable bonds is 1. The van der Waals surface area contributed by atoms with Gasteiger partial charge in [0, 0.05) is 29.7 Å². The van der Waals surface area contributed by atoms with Gasteiger partial charge in [0.2, 0.25) is 0 Å². The quantitative estimate of drug-likeness (QED) is 0.757. The number of aromatic nitrogens is 1. The first-order valence-corrected chi connectivity index (χ1v) is 5.18. The van der Waals surface area contributed by atoms with E-state index in [0.29, 0.717) is 0 Å². The summed E-state index contributed by atoms with van der Waals surface area (Å²) in [5.41, 5.74) is 2.59. The second-order valence-corrected chi connectivity index (χ2v) is 4.73. The van der Waals surface area contributed by atoms with Crippen molar-refractivity contribution in [3.05, 3.63) is 35.5 Å². The van der Waals surface area contributed by atoms with Crippen LogP contribution in [-0.2, 0) is 12.6 Å². The second-order valence-electron chi connectivity index (χ2n) is 4.73. The van der Waals surface area contributed by atoms with E-state index in [2.05, 4.69) is 29.7 Å². The van der Waals surface area contributed by atoms with Crippen LogP contribution in [0, 0.1) is 6.92 Å². The Morgan fingerprint density at radius 3 is 2.53 bits per heavy atom. The average Bonchev–Trinajstić information content (AvgIpc) is 2.42. The maximum atomic E-state index is 10.1. The average molecular weight is 203 g/mol. The zero-order chi connectivity index (χ0) is 11.2. The Hall–Kier alpha value is -1.28. The van der Waals surface area contributed by atoms with Gasteiger partial charge in [0.05, 0.1) is 5.60 Å². The van der Waals surface area contributed by atoms with E-state index in [1.807, 2.05) is 27.1 Å². The molecule has 0 atom stereocenters. The van der Waals surface area contributed by atoms with Crippen LogP contribution in [0.25, 0.3) is 10.9 Å². The van der Waals surface area contributed by atoms with Gasteiger partial charge in [0.1, 0.15) is 0 Å². The normalized spacial score (nSPS) is 12.3. The van der Waals surface area contributed by atoms with Gasteiger partial charge >= 0.3 is 0 Å². The molecule has 0 radical (unpaired) electrons. The number of fused-ring (bicyclic) bond motifs is 1. The SMILES string of the molecule is Cc1ccc2c(c1)c(C(C)(C)O)cn2C. The molecule has 0 aliphatic heterocycles. The van der Waals surface area contributed by atoms with Crippen molar-refractivity contribution in [2.45, 2.75) is 26.4 Å². The van der Waals surface area contributed by atoms with E-state index in [1.165, 1.54) is 5.56 Å². The number of benzene rings is 1. The summed E-state index contributed by atoms with van der Waals surface area (Å²) in [7, 11) is 2.01. The van der Waals surface area contributed by atoms with Gasteiger partial charge in [-0.15, -0.1) is 0 Å². The maximum absolute atomic E-state index is 10.1. The summed E-state index contributed by atoms with van der Waals surface area (Å²) >= 11 is 0. The molecule has 2 aromatic rings. The Labute approximate surface area is 90.2 Å². The molecular formula is C13H17NO. The first-order chi connectivity index (χ1) is 6.89. The Morgan fingerprint density at radius 2 is 1.93 bits per heavy atom. The molecule has 2 nitrogen and oxygen atoms in total. The van der Waals surface area contributed by atoms with E-state index in [9.17, 15) is 5.11 Å². The van der Waals surface area contributed by atoms with Crippen LogP contribution in [0.3, 0.4) is 0 Å². The smallest absolute Gasteiger partial charge is 0.0861 e. The lowest BCUT2D eigenvalue weighted by atomic mass is 9.97. The molecule has 0 saturated heterocycles. The molecule has 2 rings (SSSR count). The highest BCUT2D eigenvalue weighted by Crippen LogP contribution is 2.30. The van der Waals surface area contributed by atoms with Gasteiger partial charge in [-0.05, 0) is 32.9 Å². The van der Waals surface area contributed by atoms with Crippen molar-refractivity contribution >= 4 is 10.9 Å². The number of nitrogens with zero attached hydrogens (tertiary/aromatic N) is 1. The fourth-order valence-corrected chi connectivity index (χ4v) is 1.99. The Morgan fingerprint density at radius 1 is 1.27 bits per heavy atom. The molecule has 0 spiro atoms. The molecule has 1 aromatic heterocycles. The van der Waals surface area contributed by atoms with Crippen LogP contribution in [0.5, 0.6) is 0 Å². The molecule has 0 aliphatic rings. The van der Waals surface area contributed by atoms with Crippen molar-refractivity contribution in [2.24, 2.45) is 7.05 Å². The minimum Gasteiger partial charge on any atom is -0.386 e. The van der Waals surface area contributed by atoms with E-state index in [4.69, 9.17) is 0 Å². The van der Waals surface area contributed by atoms with E-state index < -0.39 is 5.60 Å². The van der Waals surface area contributed by atoms with Gasteiger partial charge in [0.25, 0.3) is 0 Å². The van der Waals surface area contributed by atoms with E-state index in [0.717, 1.165) is 16.5 Å². The molecule has 0 saturated carbocycles. The Kier molecular flexibility index (Phi) is 2.12. The molecule has 1 aromatic carbocycles. The summed E-state index contributed by atoms with van der Waals surface area (Å²) < 4.78 is 2.06. The third-order valence-corrected chi connectivity index (χ3v) is 2.80. The standard InChI is InChI=1S/C13H17NO/c1-9-5-6-12-10(7-9)11(8-14(12)4)13(2,3)15/h5-8,15H,1-4H3. The Balaban J connectivity index is 2.81. The molecule has 0 bridgehead atoms. The highest BCUT2D eigenvalue weighted by molar-refractivity contribution is 5.85. The summed E-state index contributed by atoms with van der Waals surface area (Å²) in [6.07, 6.45) is 2.00. The van der Waals surface area contributed by atoms with Crippen molar-refractivity contribution in [3.63, 3.8) is 0 Å². The minimum absolute atomic E-state index is 0.784. The van der Waals surface area contributed by atoms with Crippen molar-refractivity contribution in [1.29, 1.82) is 0 Å². The van der Waals surface area contributed by atoms with Crippen molar-refractivity contribution in [1.82, 2.24) is 4.57 Å². The van der Waals surface area contributed by atoms with Crippen LogP contribution < -0.4 is 0 Å². The van der Waals surface area contributed by atoms with Crippen LogP contribution in [0.4, 0.5) is 0 Å². The predicted molar refractivity (Wildman–Crippen MR) is 62.9 cm³/mol. The van der Waals surface area contributed by atoms with E-state index in [-0.39, 0.29) is 0 Å². The summed E-state index contributed by atoms with van der Waals surface area (Å²) in [4.78, 5) is 0. The van der Waals surface area contributed by atoms with Gasteiger partial charge in [0.15, 0.2) is 0 Å². The molecule has 1 heterocycles. The number of aliphatic hydroxyl groups is 1. The summed E-state index contributed by atoms with van der Waals surface area (Å²) in [6, 6.07) is 6.32. The monoisotopic (exact) mass is 203 g/mol.